The molecular weight excluding hydrogens is 306 g/mol. The lowest BCUT2D eigenvalue weighted by atomic mass is 9.70. The maximum atomic E-state index is 13.0. The number of aromatic nitrogens is 2. The molecule has 0 unspecified atom stereocenters. The Balaban J connectivity index is 2.34. The van der Waals surface area contributed by atoms with Crippen molar-refractivity contribution in [1.82, 2.24) is 9.78 Å². The van der Waals surface area contributed by atoms with Gasteiger partial charge in [0.05, 0.1) is 10.7 Å². The Kier molecular flexibility index (Phi) is 4.79. The van der Waals surface area contributed by atoms with E-state index in [9.17, 15) is 4.79 Å². The van der Waals surface area contributed by atoms with Crippen LogP contribution in [0.15, 0.2) is 10.7 Å². The second kappa shape index (κ2) is 6.18. The Labute approximate surface area is 122 Å². The van der Waals surface area contributed by atoms with Crippen molar-refractivity contribution in [2.75, 3.05) is 6.54 Å². The highest BCUT2D eigenvalue weighted by Gasteiger charge is 2.40. The van der Waals surface area contributed by atoms with Crippen LogP contribution in [0.5, 0.6) is 0 Å². The zero-order valence-electron chi connectivity index (χ0n) is 11.5. The minimum atomic E-state index is -0.369. The molecule has 1 aliphatic rings. The maximum absolute atomic E-state index is 13.0. The SMILES string of the molecule is CCCn1ncc(Br)c1C(=O)C1(CN)CCCCC1. The second-order valence-electron chi connectivity index (χ2n) is 5.44. The van der Waals surface area contributed by atoms with Gasteiger partial charge >= 0.3 is 0 Å². The summed E-state index contributed by atoms with van der Waals surface area (Å²) in [5.41, 5.74) is 6.29. The Hall–Kier alpha value is -0.680. The first-order chi connectivity index (χ1) is 9.14. The molecule has 0 radical (unpaired) electrons. The molecule has 0 aliphatic heterocycles. The van der Waals surface area contributed by atoms with Crippen molar-refractivity contribution in [2.45, 2.75) is 52.0 Å². The summed E-state index contributed by atoms with van der Waals surface area (Å²) in [6, 6.07) is 0. The summed E-state index contributed by atoms with van der Waals surface area (Å²) in [6.45, 7) is 3.30. The molecule has 1 aliphatic carbocycles. The van der Waals surface area contributed by atoms with Crippen LogP contribution in [0.1, 0.15) is 55.9 Å². The highest BCUT2D eigenvalue weighted by atomic mass is 79.9. The van der Waals surface area contributed by atoms with Crippen LogP contribution in [0.2, 0.25) is 0 Å². The molecule has 1 aromatic heterocycles. The van der Waals surface area contributed by atoms with Crippen molar-refractivity contribution in [3.8, 4) is 0 Å². The van der Waals surface area contributed by atoms with Crippen molar-refractivity contribution in [3.63, 3.8) is 0 Å². The molecule has 0 bridgehead atoms. The third-order valence-corrected chi connectivity index (χ3v) is 4.71. The average molecular weight is 328 g/mol. The first-order valence-corrected chi connectivity index (χ1v) is 7.90. The van der Waals surface area contributed by atoms with E-state index in [1.54, 1.807) is 6.20 Å². The molecule has 0 amide bonds. The van der Waals surface area contributed by atoms with Crippen molar-refractivity contribution >= 4 is 21.7 Å². The van der Waals surface area contributed by atoms with E-state index in [4.69, 9.17) is 5.73 Å². The van der Waals surface area contributed by atoms with Crippen LogP contribution in [0.25, 0.3) is 0 Å². The number of ketones is 1. The standard InChI is InChI=1S/C14H22BrN3O/c1-2-8-18-12(11(15)9-17-18)13(19)14(10-16)6-4-3-5-7-14/h9H,2-8,10,16H2,1H3. The van der Waals surface area contributed by atoms with Crippen LogP contribution in [0.3, 0.4) is 0 Å². The van der Waals surface area contributed by atoms with E-state index in [0.717, 1.165) is 43.1 Å². The van der Waals surface area contributed by atoms with Crippen LogP contribution < -0.4 is 5.73 Å². The lowest BCUT2D eigenvalue weighted by molar-refractivity contribution is 0.0716. The molecule has 1 heterocycles. The average Bonchev–Trinajstić information content (AvgIpc) is 2.80. The van der Waals surface area contributed by atoms with Gasteiger partial charge in [-0.05, 0) is 35.2 Å². The molecule has 19 heavy (non-hydrogen) atoms. The molecule has 0 saturated heterocycles. The van der Waals surface area contributed by atoms with Crippen molar-refractivity contribution in [3.05, 3.63) is 16.4 Å². The van der Waals surface area contributed by atoms with Gasteiger partial charge in [-0.1, -0.05) is 26.2 Å². The predicted octanol–water partition coefficient (Wildman–Crippen LogP) is 3.15. The number of hydrogen-bond donors (Lipinski definition) is 1. The van der Waals surface area contributed by atoms with Crippen LogP contribution in [0, 0.1) is 5.41 Å². The normalized spacial score (nSPS) is 18.5. The molecule has 0 spiro atoms. The highest BCUT2D eigenvalue weighted by Crippen LogP contribution is 2.39. The summed E-state index contributed by atoms with van der Waals surface area (Å²) in [6.07, 6.45) is 7.91. The fourth-order valence-corrected chi connectivity index (χ4v) is 3.45. The lowest BCUT2D eigenvalue weighted by Gasteiger charge is -2.34. The van der Waals surface area contributed by atoms with E-state index in [2.05, 4.69) is 28.0 Å². The topological polar surface area (TPSA) is 60.9 Å². The fraction of sp³-hybridized carbons (Fsp3) is 0.714. The van der Waals surface area contributed by atoms with Gasteiger partial charge in [0.25, 0.3) is 0 Å². The van der Waals surface area contributed by atoms with E-state index in [1.807, 2.05) is 4.68 Å². The summed E-state index contributed by atoms with van der Waals surface area (Å²) in [5.74, 6) is 0.174. The number of Topliss-reactive ketones (excluding diaryl/α,β-unsaturated/α-hetero) is 1. The third-order valence-electron chi connectivity index (χ3n) is 4.13. The second-order valence-corrected chi connectivity index (χ2v) is 6.29. The van der Waals surface area contributed by atoms with E-state index in [1.165, 1.54) is 6.42 Å². The Morgan fingerprint density at radius 3 is 2.74 bits per heavy atom. The third kappa shape index (κ3) is 2.77. The summed E-state index contributed by atoms with van der Waals surface area (Å²) in [7, 11) is 0. The van der Waals surface area contributed by atoms with Gasteiger partial charge in [0.15, 0.2) is 5.78 Å². The number of carbonyl (C=O) groups excluding carboxylic acids is 1. The lowest BCUT2D eigenvalue weighted by Crippen LogP contribution is -2.41. The van der Waals surface area contributed by atoms with Crippen molar-refractivity contribution in [1.29, 1.82) is 0 Å². The molecule has 4 nitrogen and oxygen atoms in total. The van der Waals surface area contributed by atoms with Crippen molar-refractivity contribution in [2.24, 2.45) is 11.1 Å². The molecule has 106 valence electrons. The Bertz CT molecular complexity index is 450. The molecular formula is C14H22BrN3O. The number of halogens is 1. The van der Waals surface area contributed by atoms with Gasteiger partial charge in [-0.15, -0.1) is 0 Å². The van der Waals surface area contributed by atoms with Gasteiger partial charge in [0.2, 0.25) is 0 Å². The van der Waals surface area contributed by atoms with Crippen LogP contribution in [0.4, 0.5) is 0 Å². The molecule has 2 rings (SSSR count). The van der Waals surface area contributed by atoms with Crippen LogP contribution >= 0.6 is 15.9 Å². The number of nitrogens with two attached hydrogens (primary N) is 1. The van der Waals surface area contributed by atoms with Gasteiger partial charge < -0.3 is 5.73 Å². The van der Waals surface area contributed by atoms with Gasteiger partial charge in [-0.3, -0.25) is 9.48 Å². The molecule has 0 aromatic carbocycles. The molecule has 1 fully saturated rings. The summed E-state index contributed by atoms with van der Waals surface area (Å²) in [5, 5.41) is 4.29. The zero-order chi connectivity index (χ0) is 13.9. The number of carbonyl (C=O) groups is 1. The van der Waals surface area contributed by atoms with Crippen LogP contribution in [-0.4, -0.2) is 22.1 Å². The number of nitrogens with zero attached hydrogens (tertiary/aromatic N) is 2. The minimum Gasteiger partial charge on any atom is -0.329 e. The molecule has 1 saturated carbocycles. The van der Waals surface area contributed by atoms with Crippen molar-refractivity contribution < 1.29 is 4.79 Å². The summed E-state index contributed by atoms with van der Waals surface area (Å²) >= 11 is 3.46. The van der Waals surface area contributed by atoms with Gasteiger partial charge in [0.1, 0.15) is 5.69 Å². The first kappa shape index (κ1) is 14.7. The van der Waals surface area contributed by atoms with Crippen LogP contribution in [-0.2, 0) is 6.54 Å². The Morgan fingerprint density at radius 1 is 1.47 bits per heavy atom. The number of rotatable bonds is 5. The molecule has 0 atom stereocenters. The quantitative estimate of drug-likeness (QED) is 0.845. The monoisotopic (exact) mass is 327 g/mol. The smallest absolute Gasteiger partial charge is 0.189 e. The highest BCUT2D eigenvalue weighted by molar-refractivity contribution is 9.10. The largest absolute Gasteiger partial charge is 0.329 e. The maximum Gasteiger partial charge on any atom is 0.189 e. The van der Waals surface area contributed by atoms with E-state index in [0.29, 0.717) is 12.2 Å². The summed E-state index contributed by atoms with van der Waals surface area (Å²) in [4.78, 5) is 13.0. The number of hydrogen-bond acceptors (Lipinski definition) is 3. The zero-order valence-corrected chi connectivity index (χ0v) is 13.1. The summed E-state index contributed by atoms with van der Waals surface area (Å²) < 4.78 is 2.61. The first-order valence-electron chi connectivity index (χ1n) is 7.11. The van der Waals surface area contributed by atoms with Gasteiger partial charge in [0, 0.05) is 18.5 Å². The molecule has 2 N–H and O–H groups in total. The predicted molar refractivity (Wildman–Crippen MR) is 79.1 cm³/mol. The minimum absolute atomic E-state index is 0.174. The van der Waals surface area contributed by atoms with Gasteiger partial charge in [-0.25, -0.2) is 0 Å². The molecule has 5 heteroatoms. The molecule has 1 aromatic rings. The van der Waals surface area contributed by atoms with Gasteiger partial charge in [-0.2, -0.15) is 5.10 Å². The van der Waals surface area contributed by atoms with E-state index < -0.39 is 0 Å². The van der Waals surface area contributed by atoms with E-state index >= 15 is 0 Å². The Morgan fingerprint density at radius 2 is 2.16 bits per heavy atom. The number of aryl methyl sites for hydroxylation is 1. The fourth-order valence-electron chi connectivity index (χ4n) is 2.97. The van der Waals surface area contributed by atoms with E-state index in [-0.39, 0.29) is 11.2 Å².